The standard InChI is InChI=1S/C15H16N2O5/c1-6(2)14(19)17-5-10(18)21-12-7-3-8-11(9(7)4-16)15(20)22-13(8)12/h7-9,11-13H,1,3,5H2,2H3,(H,17,19). The van der Waals surface area contributed by atoms with E-state index in [1.54, 1.807) is 0 Å². The molecule has 0 radical (unpaired) electrons. The molecular weight excluding hydrogens is 288 g/mol. The molecule has 3 aliphatic rings. The number of hydrogen-bond acceptors (Lipinski definition) is 6. The number of esters is 2. The number of hydrogen-bond donors (Lipinski definition) is 1. The highest BCUT2D eigenvalue weighted by atomic mass is 16.6. The van der Waals surface area contributed by atoms with Crippen molar-refractivity contribution < 1.29 is 23.9 Å². The van der Waals surface area contributed by atoms with Gasteiger partial charge in [0.15, 0.2) is 0 Å². The van der Waals surface area contributed by atoms with Crippen molar-refractivity contribution in [2.24, 2.45) is 23.7 Å². The van der Waals surface area contributed by atoms with E-state index in [1.165, 1.54) is 6.92 Å². The number of carbonyl (C=O) groups excluding carboxylic acids is 3. The Balaban J connectivity index is 1.63. The van der Waals surface area contributed by atoms with Gasteiger partial charge in [0, 0.05) is 17.4 Å². The summed E-state index contributed by atoms with van der Waals surface area (Å²) in [7, 11) is 0. The SMILES string of the molecule is C=C(C)C(=O)NCC(=O)OC1C2CC3C1OC(=O)C3C2C#N. The summed E-state index contributed by atoms with van der Waals surface area (Å²) >= 11 is 0. The highest BCUT2D eigenvalue weighted by molar-refractivity contribution is 5.94. The maximum Gasteiger partial charge on any atom is 0.325 e. The summed E-state index contributed by atoms with van der Waals surface area (Å²) in [6.07, 6.45) is -0.380. The Morgan fingerprint density at radius 3 is 2.86 bits per heavy atom. The monoisotopic (exact) mass is 304 g/mol. The molecule has 1 aliphatic heterocycles. The van der Waals surface area contributed by atoms with E-state index in [0.29, 0.717) is 12.0 Å². The lowest BCUT2D eigenvalue weighted by atomic mass is 9.79. The summed E-state index contributed by atoms with van der Waals surface area (Å²) in [6.45, 7) is 4.73. The molecule has 2 bridgehead atoms. The molecule has 6 atom stereocenters. The van der Waals surface area contributed by atoms with Crippen LogP contribution in [0.2, 0.25) is 0 Å². The van der Waals surface area contributed by atoms with E-state index in [9.17, 15) is 19.6 Å². The lowest BCUT2D eigenvalue weighted by Crippen LogP contribution is -2.42. The molecule has 0 aromatic carbocycles. The predicted molar refractivity (Wildman–Crippen MR) is 71.8 cm³/mol. The van der Waals surface area contributed by atoms with Crippen LogP contribution in [-0.2, 0) is 23.9 Å². The first-order chi connectivity index (χ1) is 10.4. The zero-order valence-electron chi connectivity index (χ0n) is 12.1. The summed E-state index contributed by atoms with van der Waals surface area (Å²) in [6, 6.07) is 2.15. The van der Waals surface area contributed by atoms with Crippen LogP contribution in [0.15, 0.2) is 12.2 Å². The van der Waals surface area contributed by atoms with E-state index in [1.807, 2.05) is 0 Å². The third kappa shape index (κ3) is 2.06. The number of rotatable bonds is 4. The summed E-state index contributed by atoms with van der Waals surface area (Å²) in [5.41, 5.74) is 0.296. The number of carbonyl (C=O) groups is 3. The Bertz CT molecular complexity index is 608. The lowest BCUT2D eigenvalue weighted by Gasteiger charge is -2.28. The van der Waals surface area contributed by atoms with Gasteiger partial charge in [-0.2, -0.15) is 5.26 Å². The van der Waals surface area contributed by atoms with Crippen LogP contribution in [0.5, 0.6) is 0 Å². The van der Waals surface area contributed by atoms with Crippen molar-refractivity contribution in [3.05, 3.63) is 12.2 Å². The Labute approximate surface area is 127 Å². The summed E-state index contributed by atoms with van der Waals surface area (Å²) in [4.78, 5) is 35.0. The second-order valence-electron chi connectivity index (χ2n) is 6.06. The van der Waals surface area contributed by atoms with Crippen molar-refractivity contribution in [2.75, 3.05) is 6.54 Å². The van der Waals surface area contributed by atoms with E-state index >= 15 is 0 Å². The molecule has 1 N–H and O–H groups in total. The van der Waals surface area contributed by atoms with Crippen LogP contribution in [0, 0.1) is 35.0 Å². The second kappa shape index (κ2) is 5.13. The molecule has 22 heavy (non-hydrogen) atoms. The zero-order chi connectivity index (χ0) is 16.0. The van der Waals surface area contributed by atoms with Gasteiger partial charge in [-0.15, -0.1) is 0 Å². The van der Waals surface area contributed by atoms with E-state index in [0.717, 1.165) is 0 Å². The molecule has 0 aromatic heterocycles. The number of ether oxygens (including phenoxy) is 2. The van der Waals surface area contributed by atoms with Gasteiger partial charge in [-0.25, -0.2) is 0 Å². The predicted octanol–water partition coefficient (Wildman–Crippen LogP) is -0.0784. The van der Waals surface area contributed by atoms with Crippen LogP contribution in [-0.4, -0.2) is 36.6 Å². The van der Waals surface area contributed by atoms with Gasteiger partial charge in [-0.3, -0.25) is 14.4 Å². The van der Waals surface area contributed by atoms with Gasteiger partial charge < -0.3 is 14.8 Å². The van der Waals surface area contributed by atoms with Gasteiger partial charge >= 0.3 is 11.9 Å². The Morgan fingerprint density at radius 1 is 1.50 bits per heavy atom. The van der Waals surface area contributed by atoms with E-state index in [2.05, 4.69) is 18.0 Å². The molecule has 3 fully saturated rings. The molecule has 116 valence electrons. The number of nitrogens with zero attached hydrogens (tertiary/aromatic N) is 1. The third-order valence-electron chi connectivity index (χ3n) is 4.74. The normalized spacial score (nSPS) is 37.4. The summed E-state index contributed by atoms with van der Waals surface area (Å²) in [5.74, 6) is -2.44. The summed E-state index contributed by atoms with van der Waals surface area (Å²) < 4.78 is 10.7. The fourth-order valence-electron chi connectivity index (χ4n) is 3.82. The number of amides is 1. The van der Waals surface area contributed by atoms with Crippen LogP contribution < -0.4 is 5.32 Å². The minimum absolute atomic E-state index is 0.0371. The first kappa shape index (κ1) is 14.6. The lowest BCUT2D eigenvalue weighted by molar-refractivity contribution is -0.161. The van der Waals surface area contributed by atoms with Crippen LogP contribution >= 0.6 is 0 Å². The molecule has 6 unspecified atom stereocenters. The van der Waals surface area contributed by atoms with Gasteiger partial charge in [-0.1, -0.05) is 6.58 Å². The Kier molecular flexibility index (Phi) is 3.39. The molecule has 3 rings (SSSR count). The number of fused-ring (bicyclic) bond motifs is 1. The molecule has 1 heterocycles. The average Bonchev–Trinajstić information content (AvgIpc) is 3.07. The molecule has 7 heteroatoms. The largest absolute Gasteiger partial charge is 0.458 e. The van der Waals surface area contributed by atoms with Crippen molar-refractivity contribution >= 4 is 17.8 Å². The second-order valence-corrected chi connectivity index (χ2v) is 6.06. The van der Waals surface area contributed by atoms with Crippen LogP contribution in [0.4, 0.5) is 0 Å². The molecule has 2 saturated carbocycles. The molecule has 1 saturated heterocycles. The number of nitriles is 1. The maximum absolute atomic E-state index is 11.9. The van der Waals surface area contributed by atoms with Gasteiger partial charge in [-0.05, 0) is 13.3 Å². The molecule has 7 nitrogen and oxygen atoms in total. The van der Waals surface area contributed by atoms with Crippen molar-refractivity contribution in [1.29, 1.82) is 5.26 Å². The average molecular weight is 304 g/mol. The molecule has 1 amide bonds. The minimum atomic E-state index is -0.608. The minimum Gasteiger partial charge on any atom is -0.458 e. The van der Waals surface area contributed by atoms with Crippen LogP contribution in [0.25, 0.3) is 0 Å². The molecule has 0 spiro atoms. The van der Waals surface area contributed by atoms with Gasteiger partial charge in [0.05, 0.1) is 17.9 Å². The van der Waals surface area contributed by atoms with Crippen LogP contribution in [0.1, 0.15) is 13.3 Å². The first-order valence-electron chi connectivity index (χ1n) is 7.17. The van der Waals surface area contributed by atoms with E-state index < -0.39 is 30.0 Å². The Morgan fingerprint density at radius 2 is 2.23 bits per heavy atom. The van der Waals surface area contributed by atoms with Gasteiger partial charge in [0.1, 0.15) is 18.8 Å². The Hall–Kier alpha value is -2.36. The van der Waals surface area contributed by atoms with E-state index in [-0.39, 0.29) is 30.3 Å². The van der Waals surface area contributed by atoms with Gasteiger partial charge in [0.2, 0.25) is 5.91 Å². The van der Waals surface area contributed by atoms with Crippen molar-refractivity contribution in [3.8, 4) is 6.07 Å². The van der Waals surface area contributed by atoms with Crippen LogP contribution in [0.3, 0.4) is 0 Å². The molecule has 2 aliphatic carbocycles. The fraction of sp³-hybridized carbons (Fsp3) is 0.600. The number of nitrogens with one attached hydrogen (secondary N) is 1. The summed E-state index contributed by atoms with van der Waals surface area (Å²) in [5, 5.41) is 11.6. The highest BCUT2D eigenvalue weighted by Crippen LogP contribution is 2.58. The molecular formula is C15H16N2O5. The fourth-order valence-corrected chi connectivity index (χ4v) is 3.82. The van der Waals surface area contributed by atoms with Crippen molar-refractivity contribution in [3.63, 3.8) is 0 Å². The third-order valence-corrected chi connectivity index (χ3v) is 4.74. The zero-order valence-corrected chi connectivity index (χ0v) is 12.1. The molecule has 0 aromatic rings. The smallest absolute Gasteiger partial charge is 0.325 e. The quantitative estimate of drug-likeness (QED) is 0.575. The van der Waals surface area contributed by atoms with Crippen molar-refractivity contribution in [1.82, 2.24) is 5.32 Å². The topological polar surface area (TPSA) is 105 Å². The van der Waals surface area contributed by atoms with Crippen molar-refractivity contribution in [2.45, 2.75) is 25.6 Å². The van der Waals surface area contributed by atoms with E-state index in [4.69, 9.17) is 9.47 Å². The first-order valence-corrected chi connectivity index (χ1v) is 7.17. The maximum atomic E-state index is 11.9. The van der Waals surface area contributed by atoms with Gasteiger partial charge in [0.25, 0.3) is 0 Å². The highest BCUT2D eigenvalue weighted by Gasteiger charge is 2.68.